The molecule has 39 heavy (non-hydrogen) atoms. The molecule has 206 valence electrons. The number of nitrogens with one attached hydrogen (secondary N) is 1. The van der Waals surface area contributed by atoms with Crippen LogP contribution in [0.2, 0.25) is 0 Å². The van der Waals surface area contributed by atoms with Crippen LogP contribution in [0.25, 0.3) is 0 Å². The molecule has 2 atom stereocenters. The molecule has 0 aliphatic carbocycles. The SMILES string of the molecule is C#CCN1CC(=O)N2[C@@H](CCSC)C(=O)N(CCCCc3ccccc3)C[C@@H]2N1C(=O)NCc1ccccc1. The van der Waals surface area contributed by atoms with Crippen LogP contribution in [0.1, 0.15) is 30.4 Å². The zero-order valence-corrected chi connectivity index (χ0v) is 23.3. The minimum Gasteiger partial charge on any atom is -0.337 e. The molecule has 0 bridgehead atoms. The topological polar surface area (TPSA) is 76.2 Å². The molecule has 4 rings (SSSR count). The number of terminal acetylenes is 1. The lowest BCUT2D eigenvalue weighted by Crippen LogP contribution is -2.76. The largest absolute Gasteiger partial charge is 0.337 e. The maximum atomic E-state index is 13.6. The minimum absolute atomic E-state index is 0.0385. The van der Waals surface area contributed by atoms with E-state index in [2.05, 4.69) is 23.4 Å². The number of hydrogen-bond acceptors (Lipinski definition) is 5. The van der Waals surface area contributed by atoms with E-state index in [9.17, 15) is 14.4 Å². The molecule has 9 heteroatoms. The second-order valence-corrected chi connectivity index (χ2v) is 10.8. The van der Waals surface area contributed by atoms with Gasteiger partial charge in [0.05, 0.1) is 19.6 Å². The number of hydrogen-bond donors (Lipinski definition) is 1. The van der Waals surface area contributed by atoms with E-state index in [0.717, 1.165) is 30.6 Å². The Bertz CT molecular complexity index is 1160. The summed E-state index contributed by atoms with van der Waals surface area (Å²) in [6.07, 6.45) is 10.3. The second-order valence-electron chi connectivity index (χ2n) is 9.82. The van der Waals surface area contributed by atoms with Crippen LogP contribution in [-0.2, 0) is 22.6 Å². The van der Waals surface area contributed by atoms with Crippen molar-refractivity contribution in [2.24, 2.45) is 0 Å². The van der Waals surface area contributed by atoms with Gasteiger partial charge >= 0.3 is 6.03 Å². The number of amides is 4. The molecule has 0 spiro atoms. The van der Waals surface area contributed by atoms with Crippen LogP contribution < -0.4 is 5.32 Å². The van der Waals surface area contributed by atoms with Crippen molar-refractivity contribution >= 4 is 29.6 Å². The number of benzene rings is 2. The normalized spacial score (nSPS) is 19.5. The average molecular weight is 548 g/mol. The van der Waals surface area contributed by atoms with Crippen molar-refractivity contribution in [2.45, 2.75) is 44.4 Å². The van der Waals surface area contributed by atoms with E-state index < -0.39 is 12.2 Å². The summed E-state index contributed by atoms with van der Waals surface area (Å²) in [7, 11) is 0. The van der Waals surface area contributed by atoms with Crippen molar-refractivity contribution in [1.82, 2.24) is 25.1 Å². The first kappa shape index (κ1) is 28.5. The third kappa shape index (κ3) is 7.14. The lowest BCUT2D eigenvalue weighted by Gasteiger charge is -2.55. The van der Waals surface area contributed by atoms with E-state index in [0.29, 0.717) is 19.5 Å². The first-order valence-corrected chi connectivity index (χ1v) is 14.8. The van der Waals surface area contributed by atoms with Gasteiger partial charge in [-0.15, -0.1) is 6.42 Å². The lowest BCUT2D eigenvalue weighted by molar-refractivity contribution is -0.188. The molecule has 0 unspecified atom stereocenters. The standard InChI is InChI=1S/C30H37N5O3S/c1-3-18-33-23-28(36)34-26(17-20-39-2)29(37)32(19-11-10-14-24-12-6-4-7-13-24)22-27(34)35(33)30(38)31-21-25-15-8-5-9-16-25/h1,4-9,12-13,15-16,26-27H,10-11,14,17-23H2,2H3,(H,31,38)/t26-,27-/m0/s1. The molecule has 4 amide bonds. The Morgan fingerprint density at radius 2 is 1.74 bits per heavy atom. The summed E-state index contributed by atoms with van der Waals surface area (Å²) in [5.41, 5.74) is 2.24. The third-order valence-corrected chi connectivity index (χ3v) is 7.82. The van der Waals surface area contributed by atoms with Crippen LogP contribution in [0.4, 0.5) is 4.79 Å². The zero-order valence-electron chi connectivity index (χ0n) is 22.5. The number of unbranched alkanes of at least 4 members (excludes halogenated alkanes) is 1. The van der Waals surface area contributed by atoms with Gasteiger partial charge in [0.2, 0.25) is 11.8 Å². The third-order valence-electron chi connectivity index (χ3n) is 7.18. The summed E-state index contributed by atoms with van der Waals surface area (Å²) in [4.78, 5) is 44.1. The van der Waals surface area contributed by atoms with Gasteiger partial charge in [0, 0.05) is 13.1 Å². The van der Waals surface area contributed by atoms with E-state index in [4.69, 9.17) is 6.42 Å². The number of nitrogens with zero attached hydrogens (tertiary/aromatic N) is 4. The molecule has 1 N–H and O–H groups in total. The molecular formula is C30H37N5O3S. The fourth-order valence-corrected chi connectivity index (χ4v) is 5.73. The van der Waals surface area contributed by atoms with Gasteiger partial charge in [-0.1, -0.05) is 66.6 Å². The van der Waals surface area contributed by atoms with Crippen molar-refractivity contribution in [3.05, 3.63) is 71.8 Å². The second kappa shape index (κ2) is 14.1. The molecule has 2 aromatic rings. The van der Waals surface area contributed by atoms with Crippen molar-refractivity contribution in [3.8, 4) is 12.3 Å². The monoisotopic (exact) mass is 547 g/mol. The van der Waals surface area contributed by atoms with Crippen molar-refractivity contribution < 1.29 is 14.4 Å². The van der Waals surface area contributed by atoms with Gasteiger partial charge in [0.15, 0.2) is 0 Å². The number of aryl methyl sites for hydroxylation is 1. The van der Waals surface area contributed by atoms with E-state index in [1.807, 2.05) is 59.7 Å². The van der Waals surface area contributed by atoms with Gasteiger partial charge in [0.25, 0.3) is 0 Å². The molecular weight excluding hydrogens is 510 g/mol. The Hall–Kier alpha value is -3.48. The van der Waals surface area contributed by atoms with E-state index in [1.54, 1.807) is 26.7 Å². The highest BCUT2D eigenvalue weighted by Crippen LogP contribution is 2.28. The highest BCUT2D eigenvalue weighted by Gasteiger charge is 2.50. The Morgan fingerprint density at radius 3 is 2.41 bits per heavy atom. The number of carbonyl (C=O) groups excluding carboxylic acids is 3. The van der Waals surface area contributed by atoms with Crippen LogP contribution in [-0.4, -0.2) is 88.1 Å². The van der Waals surface area contributed by atoms with E-state index >= 15 is 0 Å². The first-order valence-electron chi connectivity index (χ1n) is 13.5. The molecule has 2 aliphatic rings. The summed E-state index contributed by atoms with van der Waals surface area (Å²) in [6, 6.07) is 19.0. The van der Waals surface area contributed by atoms with Crippen molar-refractivity contribution in [1.29, 1.82) is 0 Å². The van der Waals surface area contributed by atoms with Crippen LogP contribution in [0.15, 0.2) is 60.7 Å². The molecule has 2 aliphatic heterocycles. The summed E-state index contributed by atoms with van der Waals surface area (Å²) in [5, 5.41) is 6.18. The molecule has 2 aromatic carbocycles. The van der Waals surface area contributed by atoms with Gasteiger partial charge < -0.3 is 15.1 Å². The fourth-order valence-electron chi connectivity index (χ4n) is 5.28. The molecule has 2 fully saturated rings. The summed E-state index contributed by atoms with van der Waals surface area (Å²) in [6.45, 7) is 1.26. The maximum Gasteiger partial charge on any atom is 0.334 e. The smallest absolute Gasteiger partial charge is 0.334 e. The van der Waals surface area contributed by atoms with E-state index in [-0.39, 0.29) is 37.5 Å². The average Bonchev–Trinajstić information content (AvgIpc) is 2.95. The van der Waals surface area contributed by atoms with Gasteiger partial charge in [0.1, 0.15) is 12.2 Å². The zero-order chi connectivity index (χ0) is 27.6. The molecule has 8 nitrogen and oxygen atoms in total. The van der Waals surface area contributed by atoms with Crippen molar-refractivity contribution in [3.63, 3.8) is 0 Å². The molecule has 0 saturated carbocycles. The quantitative estimate of drug-likeness (QED) is 0.346. The predicted octanol–water partition coefficient (Wildman–Crippen LogP) is 3.20. The number of piperazine rings is 1. The molecule has 0 aromatic heterocycles. The maximum absolute atomic E-state index is 13.6. The van der Waals surface area contributed by atoms with Crippen LogP contribution in [0.5, 0.6) is 0 Å². The highest BCUT2D eigenvalue weighted by atomic mass is 32.2. The van der Waals surface area contributed by atoms with Gasteiger partial charge in [-0.3, -0.25) is 9.59 Å². The Kier molecular flexibility index (Phi) is 10.3. The summed E-state index contributed by atoms with van der Waals surface area (Å²) in [5.74, 6) is 3.11. The van der Waals surface area contributed by atoms with Crippen LogP contribution in [0, 0.1) is 12.3 Å². The fraction of sp³-hybridized carbons (Fsp3) is 0.433. The predicted molar refractivity (Wildman–Crippen MR) is 154 cm³/mol. The minimum atomic E-state index is -0.617. The van der Waals surface area contributed by atoms with Crippen molar-refractivity contribution in [2.75, 3.05) is 38.2 Å². The number of fused-ring (bicyclic) bond motifs is 1. The lowest BCUT2D eigenvalue weighted by atomic mass is 10.0. The van der Waals surface area contributed by atoms with E-state index in [1.165, 1.54) is 5.56 Å². The number of hydrazine groups is 1. The Morgan fingerprint density at radius 1 is 1.05 bits per heavy atom. The van der Waals surface area contributed by atoms with Crippen LogP contribution >= 0.6 is 11.8 Å². The first-order chi connectivity index (χ1) is 19.0. The number of thioether (sulfide) groups is 1. The summed E-state index contributed by atoms with van der Waals surface area (Å²) < 4.78 is 0. The Balaban J connectivity index is 1.52. The van der Waals surface area contributed by atoms with Gasteiger partial charge in [-0.2, -0.15) is 16.8 Å². The van der Waals surface area contributed by atoms with Gasteiger partial charge in [-0.05, 0) is 48.8 Å². The number of urea groups is 1. The van der Waals surface area contributed by atoms with Gasteiger partial charge in [-0.25, -0.2) is 9.80 Å². The molecule has 2 saturated heterocycles. The number of carbonyl (C=O) groups is 3. The number of rotatable bonds is 11. The highest BCUT2D eigenvalue weighted by molar-refractivity contribution is 7.98. The molecule has 0 radical (unpaired) electrons. The van der Waals surface area contributed by atoms with Crippen LogP contribution in [0.3, 0.4) is 0 Å². The molecule has 2 heterocycles. The Labute approximate surface area is 235 Å². The summed E-state index contributed by atoms with van der Waals surface area (Å²) >= 11 is 1.64.